The van der Waals surface area contributed by atoms with E-state index in [-0.39, 0.29) is 10.6 Å². The zero-order chi connectivity index (χ0) is 14.7. The summed E-state index contributed by atoms with van der Waals surface area (Å²) in [5.41, 5.74) is 2.95. The number of hydrogen-bond acceptors (Lipinski definition) is 3. The highest BCUT2D eigenvalue weighted by Crippen LogP contribution is 2.24. The number of nitrogens with one attached hydrogen (secondary N) is 1. The Labute approximate surface area is 139 Å². The Bertz CT molecular complexity index is 662. The minimum atomic E-state index is -0.359. The predicted molar refractivity (Wildman–Crippen MR) is 92.0 cm³/mol. The third-order valence-corrected chi connectivity index (χ3v) is 4.55. The second-order valence-electron chi connectivity index (χ2n) is 4.35. The van der Waals surface area contributed by atoms with Crippen molar-refractivity contribution in [3.05, 3.63) is 65.7 Å². The zero-order valence-corrected chi connectivity index (χ0v) is 14.4. The Morgan fingerprint density at radius 1 is 1.30 bits per heavy atom. The molecule has 0 saturated heterocycles. The molecule has 4 nitrogen and oxygen atoms in total. The van der Waals surface area contributed by atoms with Gasteiger partial charge in [0, 0.05) is 31.9 Å². The Balaban J connectivity index is 2.20. The lowest BCUT2D eigenvalue weighted by Crippen LogP contribution is -2.03. The van der Waals surface area contributed by atoms with E-state index in [2.05, 4.69) is 43.8 Å². The number of hydrogen-bond donors (Lipinski definition) is 1. The monoisotopic (exact) mass is 446 g/mol. The topological polar surface area (TPSA) is 55.2 Å². The summed E-state index contributed by atoms with van der Waals surface area (Å²) >= 11 is 5.61. The van der Waals surface area contributed by atoms with Crippen LogP contribution in [-0.2, 0) is 6.54 Å². The number of halogens is 2. The maximum atomic E-state index is 11.0. The van der Waals surface area contributed by atoms with Gasteiger partial charge >= 0.3 is 0 Å². The molecule has 0 saturated carbocycles. The summed E-state index contributed by atoms with van der Waals surface area (Å²) in [6.07, 6.45) is 0. The summed E-state index contributed by atoms with van der Waals surface area (Å²) < 4.78 is 2.00. The van der Waals surface area contributed by atoms with E-state index in [9.17, 15) is 10.1 Å². The summed E-state index contributed by atoms with van der Waals surface area (Å²) in [5.74, 6) is 0. The molecule has 0 aliphatic carbocycles. The molecule has 1 N–H and O–H groups in total. The van der Waals surface area contributed by atoms with E-state index in [0.29, 0.717) is 12.1 Å². The third-order valence-electron chi connectivity index (χ3n) is 2.89. The second-order valence-corrected chi connectivity index (χ2v) is 6.43. The van der Waals surface area contributed by atoms with Gasteiger partial charge in [-0.05, 0) is 59.3 Å². The van der Waals surface area contributed by atoms with Crippen molar-refractivity contribution in [2.45, 2.75) is 13.5 Å². The fourth-order valence-electron chi connectivity index (χ4n) is 1.77. The highest BCUT2D eigenvalue weighted by molar-refractivity contribution is 14.1. The van der Waals surface area contributed by atoms with E-state index < -0.39 is 0 Å². The summed E-state index contributed by atoms with van der Waals surface area (Å²) in [7, 11) is 0. The number of benzene rings is 2. The molecule has 2 aromatic rings. The molecule has 0 radical (unpaired) electrons. The first kappa shape index (κ1) is 15.2. The number of rotatable bonds is 4. The van der Waals surface area contributed by atoms with Crippen LogP contribution in [0.15, 0.2) is 40.9 Å². The molecule has 0 aliphatic rings. The van der Waals surface area contributed by atoms with Crippen LogP contribution < -0.4 is 5.32 Å². The average Bonchev–Trinajstić information content (AvgIpc) is 2.40. The SMILES string of the molecule is Cc1ccc(NCc2cc(Br)ccc2[N+](=O)[O-])cc1I. The zero-order valence-electron chi connectivity index (χ0n) is 10.7. The molecule has 0 unspecified atom stereocenters. The molecule has 104 valence electrons. The van der Waals surface area contributed by atoms with Gasteiger partial charge in [0.1, 0.15) is 0 Å². The van der Waals surface area contributed by atoms with Crippen LogP contribution in [0.3, 0.4) is 0 Å². The lowest BCUT2D eigenvalue weighted by Gasteiger charge is -2.09. The molecule has 0 atom stereocenters. The molecule has 0 bridgehead atoms. The van der Waals surface area contributed by atoms with E-state index in [4.69, 9.17) is 0 Å². The Kier molecular flexibility index (Phi) is 4.98. The first-order valence-corrected chi connectivity index (χ1v) is 7.77. The van der Waals surface area contributed by atoms with Gasteiger partial charge in [0.05, 0.1) is 4.92 Å². The lowest BCUT2D eigenvalue weighted by molar-refractivity contribution is -0.385. The summed E-state index contributed by atoms with van der Waals surface area (Å²) in [4.78, 5) is 10.6. The normalized spacial score (nSPS) is 10.3. The van der Waals surface area contributed by atoms with Crippen molar-refractivity contribution in [2.24, 2.45) is 0 Å². The first-order chi connectivity index (χ1) is 9.47. The van der Waals surface area contributed by atoms with Crippen molar-refractivity contribution in [1.82, 2.24) is 0 Å². The highest BCUT2D eigenvalue weighted by Gasteiger charge is 2.13. The van der Waals surface area contributed by atoms with Crippen LogP contribution in [0.25, 0.3) is 0 Å². The maximum absolute atomic E-state index is 11.0. The van der Waals surface area contributed by atoms with Gasteiger partial charge in [-0.15, -0.1) is 0 Å². The molecule has 0 spiro atoms. The molecule has 2 aromatic carbocycles. The van der Waals surface area contributed by atoms with Crippen LogP contribution in [0.4, 0.5) is 11.4 Å². The molecule has 20 heavy (non-hydrogen) atoms. The van der Waals surface area contributed by atoms with Gasteiger partial charge in [0.25, 0.3) is 5.69 Å². The molecular weight excluding hydrogens is 435 g/mol. The fraction of sp³-hybridized carbons (Fsp3) is 0.143. The molecule has 2 rings (SSSR count). The van der Waals surface area contributed by atoms with E-state index in [1.54, 1.807) is 12.1 Å². The van der Waals surface area contributed by atoms with Gasteiger partial charge in [-0.3, -0.25) is 10.1 Å². The van der Waals surface area contributed by atoms with Gasteiger partial charge in [-0.2, -0.15) is 0 Å². The van der Waals surface area contributed by atoms with Crippen molar-refractivity contribution < 1.29 is 4.92 Å². The predicted octanol–water partition coefficient (Wildman–Crippen LogP) is 4.88. The van der Waals surface area contributed by atoms with Crippen molar-refractivity contribution in [3.63, 3.8) is 0 Å². The number of anilines is 1. The fourth-order valence-corrected chi connectivity index (χ4v) is 2.70. The Hall–Kier alpha value is -1.15. The van der Waals surface area contributed by atoms with Crippen molar-refractivity contribution in [3.8, 4) is 0 Å². The van der Waals surface area contributed by atoms with E-state index >= 15 is 0 Å². The number of nitrogens with zero attached hydrogens (tertiary/aromatic N) is 1. The van der Waals surface area contributed by atoms with E-state index in [1.807, 2.05) is 25.1 Å². The second kappa shape index (κ2) is 6.53. The molecule has 0 amide bonds. The van der Waals surface area contributed by atoms with Crippen LogP contribution in [0.5, 0.6) is 0 Å². The number of nitro groups is 1. The minimum Gasteiger partial charge on any atom is -0.381 e. The van der Waals surface area contributed by atoms with Gasteiger partial charge in [0.2, 0.25) is 0 Å². The Morgan fingerprint density at radius 3 is 2.70 bits per heavy atom. The molecule has 0 aromatic heterocycles. The van der Waals surface area contributed by atoms with Crippen molar-refractivity contribution >= 4 is 49.9 Å². The minimum absolute atomic E-state index is 0.127. The van der Waals surface area contributed by atoms with E-state index in [1.165, 1.54) is 11.6 Å². The standard InChI is InChI=1S/C14H12BrIN2O2/c1-9-2-4-12(7-13(9)16)17-8-10-6-11(15)3-5-14(10)18(19)20/h2-7,17H,8H2,1H3. The Morgan fingerprint density at radius 2 is 2.05 bits per heavy atom. The van der Waals surface area contributed by atoms with Gasteiger partial charge in [-0.1, -0.05) is 22.0 Å². The maximum Gasteiger partial charge on any atom is 0.274 e. The van der Waals surface area contributed by atoms with Crippen LogP contribution in [0.2, 0.25) is 0 Å². The van der Waals surface area contributed by atoms with Crippen LogP contribution >= 0.6 is 38.5 Å². The number of nitro benzene ring substituents is 1. The smallest absolute Gasteiger partial charge is 0.274 e. The van der Waals surface area contributed by atoms with Gasteiger partial charge in [-0.25, -0.2) is 0 Å². The number of aryl methyl sites for hydroxylation is 1. The average molecular weight is 447 g/mol. The van der Waals surface area contributed by atoms with Gasteiger partial charge < -0.3 is 5.32 Å². The molecule has 0 fully saturated rings. The lowest BCUT2D eigenvalue weighted by atomic mass is 10.1. The van der Waals surface area contributed by atoms with Crippen molar-refractivity contribution in [1.29, 1.82) is 0 Å². The van der Waals surface area contributed by atoms with Crippen LogP contribution in [-0.4, -0.2) is 4.92 Å². The van der Waals surface area contributed by atoms with Gasteiger partial charge in [0.15, 0.2) is 0 Å². The first-order valence-electron chi connectivity index (χ1n) is 5.90. The van der Waals surface area contributed by atoms with Crippen LogP contribution in [0, 0.1) is 20.6 Å². The molecule has 0 aliphatic heterocycles. The quantitative estimate of drug-likeness (QED) is 0.413. The largest absolute Gasteiger partial charge is 0.381 e. The van der Waals surface area contributed by atoms with Crippen LogP contribution in [0.1, 0.15) is 11.1 Å². The third kappa shape index (κ3) is 3.69. The highest BCUT2D eigenvalue weighted by atomic mass is 127. The van der Waals surface area contributed by atoms with E-state index in [0.717, 1.165) is 13.7 Å². The summed E-state index contributed by atoms with van der Waals surface area (Å²) in [5, 5.41) is 14.2. The molecule has 0 heterocycles. The molecular formula is C14H12BrIN2O2. The summed E-state index contributed by atoms with van der Waals surface area (Å²) in [6.45, 7) is 2.46. The van der Waals surface area contributed by atoms with Crippen molar-refractivity contribution in [2.75, 3.05) is 5.32 Å². The molecule has 6 heteroatoms. The summed E-state index contributed by atoms with van der Waals surface area (Å²) in [6, 6.07) is 11.0.